The SMILES string of the molecule is N#Cc1c[nH]c2c(C(=O)Nc3ccc4c(c3)CNC4)cccc12. The molecule has 1 aliphatic heterocycles. The Kier molecular flexibility index (Phi) is 3.11. The van der Waals surface area contributed by atoms with Gasteiger partial charge in [-0.2, -0.15) is 5.26 Å². The normalized spacial score (nSPS) is 12.8. The van der Waals surface area contributed by atoms with Gasteiger partial charge in [0.2, 0.25) is 0 Å². The van der Waals surface area contributed by atoms with Crippen LogP contribution < -0.4 is 10.6 Å². The molecule has 0 atom stereocenters. The van der Waals surface area contributed by atoms with Crippen molar-refractivity contribution in [2.45, 2.75) is 13.1 Å². The van der Waals surface area contributed by atoms with Crippen molar-refractivity contribution in [1.29, 1.82) is 5.26 Å². The Hall–Kier alpha value is -3.10. The number of rotatable bonds is 2. The number of aromatic nitrogens is 1. The number of anilines is 1. The molecule has 0 radical (unpaired) electrons. The number of amides is 1. The van der Waals surface area contributed by atoms with Crippen LogP contribution in [0.15, 0.2) is 42.6 Å². The third-order valence-corrected chi connectivity index (χ3v) is 4.18. The van der Waals surface area contributed by atoms with E-state index in [4.69, 9.17) is 5.26 Å². The summed E-state index contributed by atoms with van der Waals surface area (Å²) in [5, 5.41) is 16.1. The highest BCUT2D eigenvalue weighted by molar-refractivity contribution is 6.12. The lowest BCUT2D eigenvalue weighted by molar-refractivity contribution is 0.102. The number of H-pyrrole nitrogens is 1. The van der Waals surface area contributed by atoms with Gasteiger partial charge in [-0.05, 0) is 29.3 Å². The largest absolute Gasteiger partial charge is 0.359 e. The van der Waals surface area contributed by atoms with Crippen molar-refractivity contribution in [2.24, 2.45) is 0 Å². The summed E-state index contributed by atoms with van der Waals surface area (Å²) in [5.41, 5.74) is 5.02. The molecule has 0 fully saturated rings. The summed E-state index contributed by atoms with van der Waals surface area (Å²) in [7, 11) is 0. The summed E-state index contributed by atoms with van der Waals surface area (Å²) in [6.45, 7) is 1.71. The average Bonchev–Trinajstić information content (AvgIpc) is 3.20. The second kappa shape index (κ2) is 5.27. The summed E-state index contributed by atoms with van der Waals surface area (Å²) in [4.78, 5) is 15.6. The van der Waals surface area contributed by atoms with Crippen LogP contribution in [0, 0.1) is 11.3 Å². The van der Waals surface area contributed by atoms with E-state index in [2.05, 4.69) is 21.7 Å². The second-order valence-corrected chi connectivity index (χ2v) is 5.58. The number of hydrogen-bond donors (Lipinski definition) is 3. The van der Waals surface area contributed by atoms with E-state index in [0.717, 1.165) is 24.2 Å². The number of nitrogens with zero attached hydrogens (tertiary/aromatic N) is 1. The Morgan fingerprint density at radius 2 is 2.04 bits per heavy atom. The molecule has 5 nitrogen and oxygen atoms in total. The van der Waals surface area contributed by atoms with Crippen LogP contribution in [-0.2, 0) is 13.1 Å². The third-order valence-electron chi connectivity index (χ3n) is 4.18. The van der Waals surface area contributed by atoms with Gasteiger partial charge in [-0.25, -0.2) is 0 Å². The molecule has 2 heterocycles. The van der Waals surface area contributed by atoms with E-state index in [-0.39, 0.29) is 5.91 Å². The fraction of sp³-hybridized carbons (Fsp3) is 0.111. The van der Waals surface area contributed by atoms with Crippen molar-refractivity contribution in [3.8, 4) is 6.07 Å². The van der Waals surface area contributed by atoms with Gasteiger partial charge in [0.15, 0.2) is 0 Å². The molecule has 0 aliphatic carbocycles. The highest BCUT2D eigenvalue weighted by Crippen LogP contribution is 2.24. The molecular formula is C18H14N4O. The van der Waals surface area contributed by atoms with E-state index in [0.29, 0.717) is 16.6 Å². The van der Waals surface area contributed by atoms with Gasteiger partial charge < -0.3 is 15.6 Å². The minimum atomic E-state index is -0.187. The predicted molar refractivity (Wildman–Crippen MR) is 88.0 cm³/mol. The van der Waals surface area contributed by atoms with Crippen LogP contribution in [0.1, 0.15) is 27.0 Å². The number of hydrogen-bond acceptors (Lipinski definition) is 3. The zero-order valence-corrected chi connectivity index (χ0v) is 12.3. The monoisotopic (exact) mass is 302 g/mol. The van der Waals surface area contributed by atoms with Crippen molar-refractivity contribution < 1.29 is 4.79 Å². The molecule has 3 N–H and O–H groups in total. The zero-order valence-electron chi connectivity index (χ0n) is 12.3. The lowest BCUT2D eigenvalue weighted by Crippen LogP contribution is -2.12. The molecule has 2 aromatic carbocycles. The average molecular weight is 302 g/mol. The van der Waals surface area contributed by atoms with E-state index < -0.39 is 0 Å². The third kappa shape index (κ3) is 2.26. The molecule has 0 unspecified atom stereocenters. The highest BCUT2D eigenvalue weighted by Gasteiger charge is 2.15. The Balaban J connectivity index is 1.67. The number of carbonyl (C=O) groups is 1. The molecule has 0 saturated heterocycles. The first kappa shape index (κ1) is 13.6. The van der Waals surface area contributed by atoms with E-state index >= 15 is 0 Å². The van der Waals surface area contributed by atoms with E-state index in [1.165, 1.54) is 11.1 Å². The topological polar surface area (TPSA) is 80.7 Å². The van der Waals surface area contributed by atoms with Gasteiger partial charge in [0.1, 0.15) is 6.07 Å². The first-order valence-electron chi connectivity index (χ1n) is 7.40. The standard InChI is InChI=1S/C18H14N4O/c19-7-13-10-21-17-15(13)2-1-3-16(17)18(23)22-14-5-4-11-8-20-9-12(11)6-14/h1-6,10,20-21H,8-9H2,(H,22,23). The van der Waals surface area contributed by atoms with Crippen LogP contribution in [0.3, 0.4) is 0 Å². The van der Waals surface area contributed by atoms with Crippen LogP contribution in [0.4, 0.5) is 5.69 Å². The number of carbonyl (C=O) groups excluding carboxylic acids is 1. The predicted octanol–water partition coefficient (Wildman–Crippen LogP) is 2.90. The van der Waals surface area contributed by atoms with Gasteiger partial charge in [-0.1, -0.05) is 18.2 Å². The maximum atomic E-state index is 12.6. The van der Waals surface area contributed by atoms with Crippen LogP contribution in [0.2, 0.25) is 0 Å². The molecule has 112 valence electrons. The first-order valence-corrected chi connectivity index (χ1v) is 7.40. The second-order valence-electron chi connectivity index (χ2n) is 5.58. The molecule has 23 heavy (non-hydrogen) atoms. The Bertz CT molecular complexity index is 965. The van der Waals surface area contributed by atoms with Crippen LogP contribution >= 0.6 is 0 Å². The summed E-state index contributed by atoms with van der Waals surface area (Å²) >= 11 is 0. The van der Waals surface area contributed by atoms with Gasteiger partial charge >= 0.3 is 0 Å². The molecule has 1 aromatic heterocycles. The number of para-hydroxylation sites is 1. The minimum absolute atomic E-state index is 0.187. The Morgan fingerprint density at radius 3 is 2.91 bits per heavy atom. The quantitative estimate of drug-likeness (QED) is 0.681. The molecule has 0 spiro atoms. The first-order chi connectivity index (χ1) is 11.3. The summed E-state index contributed by atoms with van der Waals surface area (Å²) in [5.74, 6) is -0.187. The van der Waals surface area contributed by atoms with Gasteiger partial charge in [0.05, 0.1) is 16.6 Å². The lowest BCUT2D eigenvalue weighted by atomic mass is 10.1. The van der Waals surface area contributed by atoms with E-state index in [9.17, 15) is 4.79 Å². The summed E-state index contributed by atoms with van der Waals surface area (Å²) in [6, 6.07) is 13.5. The molecule has 0 bridgehead atoms. The van der Waals surface area contributed by atoms with Crippen molar-refractivity contribution >= 4 is 22.5 Å². The number of nitriles is 1. The molecule has 5 heteroatoms. The number of fused-ring (bicyclic) bond motifs is 2. The molecule has 4 rings (SSSR count). The molecule has 1 amide bonds. The van der Waals surface area contributed by atoms with Gasteiger partial charge in [-0.15, -0.1) is 0 Å². The minimum Gasteiger partial charge on any atom is -0.359 e. The van der Waals surface area contributed by atoms with Crippen LogP contribution in [0.5, 0.6) is 0 Å². The highest BCUT2D eigenvalue weighted by atomic mass is 16.1. The number of nitrogens with one attached hydrogen (secondary N) is 3. The molecule has 1 aliphatic rings. The maximum absolute atomic E-state index is 12.6. The van der Waals surface area contributed by atoms with Gasteiger partial charge in [-0.3, -0.25) is 4.79 Å². The summed E-state index contributed by atoms with van der Waals surface area (Å²) in [6.07, 6.45) is 1.63. The van der Waals surface area contributed by atoms with Crippen molar-refractivity contribution in [2.75, 3.05) is 5.32 Å². The van der Waals surface area contributed by atoms with Gasteiger partial charge in [0, 0.05) is 30.4 Å². The Labute approximate surface area is 132 Å². The zero-order chi connectivity index (χ0) is 15.8. The fourth-order valence-electron chi connectivity index (χ4n) is 3.01. The van der Waals surface area contributed by atoms with Crippen molar-refractivity contribution in [1.82, 2.24) is 10.3 Å². The Morgan fingerprint density at radius 1 is 1.17 bits per heavy atom. The number of benzene rings is 2. The lowest BCUT2D eigenvalue weighted by Gasteiger charge is -2.08. The molecule has 0 saturated carbocycles. The van der Waals surface area contributed by atoms with Crippen LogP contribution in [-0.4, -0.2) is 10.9 Å². The smallest absolute Gasteiger partial charge is 0.257 e. The van der Waals surface area contributed by atoms with E-state index in [1.807, 2.05) is 24.3 Å². The number of aromatic amines is 1. The van der Waals surface area contributed by atoms with Gasteiger partial charge in [0.25, 0.3) is 5.91 Å². The van der Waals surface area contributed by atoms with Crippen molar-refractivity contribution in [3.05, 3.63) is 64.8 Å². The summed E-state index contributed by atoms with van der Waals surface area (Å²) < 4.78 is 0. The fourth-order valence-corrected chi connectivity index (χ4v) is 3.01. The molecule has 3 aromatic rings. The maximum Gasteiger partial charge on any atom is 0.257 e. The molecular weight excluding hydrogens is 288 g/mol. The van der Waals surface area contributed by atoms with Crippen LogP contribution in [0.25, 0.3) is 10.9 Å². The van der Waals surface area contributed by atoms with Crippen molar-refractivity contribution in [3.63, 3.8) is 0 Å². The van der Waals surface area contributed by atoms with E-state index in [1.54, 1.807) is 18.3 Å².